The van der Waals surface area contributed by atoms with E-state index in [4.69, 9.17) is 0 Å². The number of fused-ring (bicyclic) bond motifs is 1. The molecule has 2 aromatic heterocycles. The Labute approximate surface area is 87.5 Å². The molecule has 3 rings (SSSR count). The molecule has 0 aromatic carbocycles. The van der Waals surface area contributed by atoms with Gasteiger partial charge in [-0.25, -0.2) is 4.98 Å². The molecule has 0 bridgehead atoms. The molecule has 0 spiro atoms. The van der Waals surface area contributed by atoms with Crippen LogP contribution in [0.4, 0.5) is 0 Å². The summed E-state index contributed by atoms with van der Waals surface area (Å²) in [5.74, 6) is 0. The van der Waals surface area contributed by atoms with Crippen LogP contribution in [0.25, 0.3) is 0 Å². The van der Waals surface area contributed by atoms with Gasteiger partial charge in [-0.1, -0.05) is 0 Å². The number of nitrogens with one attached hydrogen (secondary N) is 2. The SMILES string of the molecule is Cn1cc(C2NCCc3[nH]cnc32)cn1. The second-order valence-corrected chi connectivity index (χ2v) is 3.85. The molecule has 1 aliphatic rings. The fourth-order valence-corrected chi connectivity index (χ4v) is 2.08. The lowest BCUT2D eigenvalue weighted by atomic mass is 10.0. The van der Waals surface area contributed by atoms with Gasteiger partial charge in [-0.3, -0.25) is 4.68 Å². The van der Waals surface area contributed by atoms with Crippen molar-refractivity contribution in [3.05, 3.63) is 35.7 Å². The van der Waals surface area contributed by atoms with Crippen LogP contribution in [0.2, 0.25) is 0 Å². The number of aromatic amines is 1. The summed E-state index contributed by atoms with van der Waals surface area (Å²) in [5.41, 5.74) is 3.52. The molecule has 2 aromatic rings. The maximum atomic E-state index is 4.37. The van der Waals surface area contributed by atoms with Gasteiger partial charge < -0.3 is 10.3 Å². The van der Waals surface area contributed by atoms with Crippen molar-refractivity contribution in [2.24, 2.45) is 7.05 Å². The van der Waals surface area contributed by atoms with Gasteiger partial charge in [-0.2, -0.15) is 5.10 Å². The summed E-state index contributed by atoms with van der Waals surface area (Å²) in [6, 6.07) is 0.189. The lowest BCUT2D eigenvalue weighted by Gasteiger charge is -2.21. The van der Waals surface area contributed by atoms with Crippen LogP contribution in [0, 0.1) is 0 Å². The lowest BCUT2D eigenvalue weighted by Crippen LogP contribution is -2.30. The Bertz CT molecular complexity index is 470. The predicted molar refractivity (Wildman–Crippen MR) is 55.3 cm³/mol. The van der Waals surface area contributed by atoms with E-state index in [-0.39, 0.29) is 6.04 Å². The van der Waals surface area contributed by atoms with Crippen LogP contribution in [0.1, 0.15) is 23.0 Å². The molecule has 5 nitrogen and oxygen atoms in total. The molecule has 0 saturated heterocycles. The van der Waals surface area contributed by atoms with Crippen molar-refractivity contribution >= 4 is 0 Å². The standard InChI is InChI=1S/C10H13N5/c1-15-5-7(4-14-15)9-10-8(2-3-11-9)12-6-13-10/h4-6,9,11H,2-3H2,1H3,(H,12,13). The Balaban J connectivity index is 2.02. The van der Waals surface area contributed by atoms with Gasteiger partial charge in [0.2, 0.25) is 0 Å². The van der Waals surface area contributed by atoms with E-state index in [1.807, 2.05) is 24.1 Å². The monoisotopic (exact) mass is 203 g/mol. The molecule has 0 saturated carbocycles. The van der Waals surface area contributed by atoms with Crippen LogP contribution in [-0.2, 0) is 13.5 Å². The lowest BCUT2D eigenvalue weighted by molar-refractivity contribution is 0.553. The van der Waals surface area contributed by atoms with Gasteiger partial charge in [0.05, 0.1) is 24.3 Å². The van der Waals surface area contributed by atoms with Crippen LogP contribution in [0.5, 0.6) is 0 Å². The normalized spacial score (nSPS) is 20.2. The topological polar surface area (TPSA) is 58.5 Å². The zero-order valence-corrected chi connectivity index (χ0v) is 8.57. The third-order valence-corrected chi connectivity index (χ3v) is 2.81. The average molecular weight is 203 g/mol. The Morgan fingerprint density at radius 2 is 2.47 bits per heavy atom. The third kappa shape index (κ3) is 1.35. The minimum absolute atomic E-state index is 0.189. The van der Waals surface area contributed by atoms with E-state index < -0.39 is 0 Å². The molecule has 0 amide bonds. The molecule has 1 aliphatic heterocycles. The zero-order valence-electron chi connectivity index (χ0n) is 8.57. The van der Waals surface area contributed by atoms with Gasteiger partial charge in [0, 0.05) is 37.5 Å². The van der Waals surface area contributed by atoms with Gasteiger partial charge >= 0.3 is 0 Å². The minimum Gasteiger partial charge on any atom is -0.348 e. The Kier molecular flexibility index (Phi) is 1.85. The molecular weight excluding hydrogens is 190 g/mol. The van der Waals surface area contributed by atoms with E-state index in [2.05, 4.69) is 20.4 Å². The summed E-state index contributed by atoms with van der Waals surface area (Å²) in [4.78, 5) is 7.55. The van der Waals surface area contributed by atoms with Crippen molar-refractivity contribution < 1.29 is 0 Å². The summed E-state index contributed by atoms with van der Waals surface area (Å²) in [6.07, 6.45) is 6.70. The molecule has 0 radical (unpaired) electrons. The Morgan fingerprint density at radius 3 is 3.27 bits per heavy atom. The number of nitrogens with zero attached hydrogens (tertiary/aromatic N) is 3. The smallest absolute Gasteiger partial charge is 0.0926 e. The summed E-state index contributed by atoms with van der Waals surface area (Å²) in [6.45, 7) is 0.981. The number of hydrogen-bond acceptors (Lipinski definition) is 3. The molecule has 0 aliphatic carbocycles. The quantitative estimate of drug-likeness (QED) is 0.704. The molecule has 2 N–H and O–H groups in total. The van der Waals surface area contributed by atoms with Crippen molar-refractivity contribution in [3.8, 4) is 0 Å². The van der Waals surface area contributed by atoms with Gasteiger partial charge in [-0.15, -0.1) is 0 Å². The van der Waals surface area contributed by atoms with Crippen molar-refractivity contribution in [3.63, 3.8) is 0 Å². The number of rotatable bonds is 1. The van der Waals surface area contributed by atoms with E-state index >= 15 is 0 Å². The maximum absolute atomic E-state index is 4.37. The number of hydrogen-bond donors (Lipinski definition) is 2. The third-order valence-electron chi connectivity index (χ3n) is 2.81. The van der Waals surface area contributed by atoms with Crippen LogP contribution in [0.3, 0.4) is 0 Å². The number of aromatic nitrogens is 4. The number of imidazole rings is 1. The van der Waals surface area contributed by atoms with E-state index in [0.29, 0.717) is 0 Å². The van der Waals surface area contributed by atoms with Crippen molar-refractivity contribution in [1.82, 2.24) is 25.1 Å². The molecule has 1 unspecified atom stereocenters. The van der Waals surface area contributed by atoms with E-state index in [9.17, 15) is 0 Å². The van der Waals surface area contributed by atoms with Gasteiger partial charge in [0.15, 0.2) is 0 Å². The Morgan fingerprint density at radius 1 is 1.53 bits per heavy atom. The number of H-pyrrole nitrogens is 1. The first-order valence-electron chi connectivity index (χ1n) is 5.08. The van der Waals surface area contributed by atoms with Gasteiger partial charge in [0.25, 0.3) is 0 Å². The van der Waals surface area contributed by atoms with E-state index in [1.54, 1.807) is 6.33 Å². The van der Waals surface area contributed by atoms with Crippen LogP contribution >= 0.6 is 0 Å². The Hall–Kier alpha value is -1.62. The average Bonchev–Trinajstić information content (AvgIpc) is 2.84. The molecule has 1 atom stereocenters. The second kappa shape index (κ2) is 3.20. The molecule has 3 heterocycles. The molecule has 5 heteroatoms. The largest absolute Gasteiger partial charge is 0.348 e. The summed E-state index contributed by atoms with van der Waals surface area (Å²) < 4.78 is 1.82. The van der Waals surface area contributed by atoms with Crippen LogP contribution in [0.15, 0.2) is 18.7 Å². The first-order chi connectivity index (χ1) is 7.34. The van der Waals surface area contributed by atoms with Crippen LogP contribution in [-0.4, -0.2) is 26.3 Å². The molecule has 15 heavy (non-hydrogen) atoms. The van der Waals surface area contributed by atoms with Crippen molar-refractivity contribution in [2.75, 3.05) is 6.54 Å². The molecule has 0 fully saturated rings. The fourth-order valence-electron chi connectivity index (χ4n) is 2.08. The highest BCUT2D eigenvalue weighted by atomic mass is 15.2. The van der Waals surface area contributed by atoms with Crippen LogP contribution < -0.4 is 5.32 Å². The van der Waals surface area contributed by atoms with Crippen molar-refractivity contribution in [1.29, 1.82) is 0 Å². The molecular formula is C10H13N5. The van der Waals surface area contributed by atoms with E-state index in [0.717, 1.165) is 18.7 Å². The van der Waals surface area contributed by atoms with Crippen molar-refractivity contribution in [2.45, 2.75) is 12.5 Å². The summed E-state index contributed by atoms with van der Waals surface area (Å²) in [7, 11) is 1.93. The fraction of sp³-hybridized carbons (Fsp3) is 0.400. The predicted octanol–water partition coefficient (Wildman–Crippen LogP) is 0.378. The number of aryl methyl sites for hydroxylation is 1. The summed E-state index contributed by atoms with van der Waals surface area (Å²) >= 11 is 0. The highest BCUT2D eigenvalue weighted by Gasteiger charge is 2.24. The maximum Gasteiger partial charge on any atom is 0.0926 e. The first-order valence-corrected chi connectivity index (χ1v) is 5.08. The van der Waals surface area contributed by atoms with E-state index in [1.165, 1.54) is 11.3 Å². The second-order valence-electron chi connectivity index (χ2n) is 3.85. The van der Waals surface area contributed by atoms with Gasteiger partial charge in [0.1, 0.15) is 0 Å². The highest BCUT2D eigenvalue weighted by molar-refractivity contribution is 5.29. The zero-order chi connectivity index (χ0) is 10.3. The first kappa shape index (κ1) is 8.67. The molecule has 78 valence electrons. The summed E-state index contributed by atoms with van der Waals surface area (Å²) in [5, 5.41) is 7.64. The highest BCUT2D eigenvalue weighted by Crippen LogP contribution is 2.25. The van der Waals surface area contributed by atoms with Gasteiger partial charge in [-0.05, 0) is 0 Å². The minimum atomic E-state index is 0.189.